The van der Waals surface area contributed by atoms with Gasteiger partial charge in [-0.3, -0.25) is 0 Å². The molecule has 0 aliphatic heterocycles. The van der Waals surface area contributed by atoms with Crippen LogP contribution in [0.4, 0.5) is 0 Å². The lowest BCUT2D eigenvalue weighted by Crippen LogP contribution is -2.17. The van der Waals surface area contributed by atoms with Gasteiger partial charge in [0.15, 0.2) is 4.34 Å². The molecule has 2 aromatic carbocycles. The molecule has 0 unspecified atom stereocenters. The van der Waals surface area contributed by atoms with Crippen molar-refractivity contribution in [2.45, 2.75) is 17.1 Å². The number of aliphatic hydroxyl groups is 1. The number of thiazole rings is 1. The largest absolute Gasteiger partial charge is 0.390 e. The van der Waals surface area contributed by atoms with E-state index in [4.69, 9.17) is 4.74 Å². The molecule has 0 bridgehead atoms. The topological polar surface area (TPSA) is 42.4 Å². The highest BCUT2D eigenvalue weighted by atomic mass is 32.2. The van der Waals surface area contributed by atoms with Crippen molar-refractivity contribution in [1.29, 1.82) is 0 Å². The monoisotopic (exact) mass is 331 g/mol. The molecule has 5 heteroatoms. The number of hydrogen-bond acceptors (Lipinski definition) is 5. The first-order valence-corrected chi connectivity index (χ1v) is 8.89. The van der Waals surface area contributed by atoms with Crippen molar-refractivity contribution in [2.75, 3.05) is 12.4 Å². The minimum atomic E-state index is -0.485. The summed E-state index contributed by atoms with van der Waals surface area (Å²) in [5, 5.41) is 9.99. The Bertz CT molecular complexity index is 682. The van der Waals surface area contributed by atoms with E-state index in [0.29, 0.717) is 19.0 Å². The maximum absolute atomic E-state index is 9.99. The molecule has 3 nitrogen and oxygen atoms in total. The number of hydrogen-bond donors (Lipinski definition) is 1. The molecule has 0 spiro atoms. The van der Waals surface area contributed by atoms with Crippen molar-refractivity contribution in [1.82, 2.24) is 4.98 Å². The highest BCUT2D eigenvalue weighted by molar-refractivity contribution is 8.01. The molecule has 1 N–H and O–H groups in total. The second-order valence-electron chi connectivity index (χ2n) is 4.91. The molecule has 3 rings (SSSR count). The van der Waals surface area contributed by atoms with Crippen molar-refractivity contribution in [3.63, 3.8) is 0 Å². The van der Waals surface area contributed by atoms with Gasteiger partial charge in [-0.15, -0.1) is 11.3 Å². The molecular formula is C17H17NO2S2. The molecule has 0 fully saturated rings. The molecule has 0 aliphatic carbocycles. The summed E-state index contributed by atoms with van der Waals surface area (Å²) in [6.07, 6.45) is -0.485. The van der Waals surface area contributed by atoms with Crippen LogP contribution >= 0.6 is 23.1 Å². The van der Waals surface area contributed by atoms with Crippen LogP contribution in [0.3, 0.4) is 0 Å². The Hall–Kier alpha value is -1.40. The Labute approximate surface area is 138 Å². The van der Waals surface area contributed by atoms with Gasteiger partial charge in [-0.2, -0.15) is 0 Å². The van der Waals surface area contributed by atoms with Crippen LogP contribution in [-0.2, 0) is 11.3 Å². The van der Waals surface area contributed by atoms with Crippen LogP contribution in [0.25, 0.3) is 10.2 Å². The normalized spacial score (nSPS) is 12.6. The first kappa shape index (κ1) is 15.5. The van der Waals surface area contributed by atoms with Gasteiger partial charge in [-0.05, 0) is 17.7 Å². The fourth-order valence-corrected chi connectivity index (χ4v) is 4.02. The molecule has 1 atom stereocenters. The standard InChI is InChI=1S/C17H17NO2S2/c19-14(11-20-10-13-6-2-1-3-7-13)12-21-17-18-15-8-4-5-9-16(15)22-17/h1-9,14,19H,10-12H2/t14-/m1/s1. The molecule has 114 valence electrons. The fourth-order valence-electron chi connectivity index (χ4n) is 2.02. The van der Waals surface area contributed by atoms with Crippen molar-refractivity contribution in [3.8, 4) is 0 Å². The number of aromatic nitrogens is 1. The lowest BCUT2D eigenvalue weighted by atomic mass is 10.2. The van der Waals surface area contributed by atoms with Gasteiger partial charge >= 0.3 is 0 Å². The minimum absolute atomic E-state index is 0.340. The molecule has 3 aromatic rings. The van der Waals surface area contributed by atoms with Crippen molar-refractivity contribution < 1.29 is 9.84 Å². The second-order valence-corrected chi connectivity index (χ2v) is 7.21. The Morgan fingerprint density at radius 3 is 2.68 bits per heavy atom. The third-order valence-electron chi connectivity index (χ3n) is 3.10. The van der Waals surface area contributed by atoms with E-state index in [-0.39, 0.29) is 0 Å². The predicted octanol–water partition coefficient (Wildman–Crippen LogP) is 3.97. The smallest absolute Gasteiger partial charge is 0.151 e. The van der Waals surface area contributed by atoms with Gasteiger partial charge < -0.3 is 9.84 Å². The van der Waals surface area contributed by atoms with E-state index in [9.17, 15) is 5.11 Å². The average molecular weight is 331 g/mol. The van der Waals surface area contributed by atoms with E-state index in [1.807, 2.05) is 48.5 Å². The summed E-state index contributed by atoms with van der Waals surface area (Å²) in [4.78, 5) is 4.54. The molecule has 1 heterocycles. The van der Waals surface area contributed by atoms with Crippen LogP contribution in [0, 0.1) is 0 Å². The zero-order valence-corrected chi connectivity index (χ0v) is 13.6. The summed E-state index contributed by atoms with van der Waals surface area (Å²) in [6, 6.07) is 18.1. The van der Waals surface area contributed by atoms with Gasteiger partial charge in [0.05, 0.1) is 29.5 Å². The molecule has 0 saturated heterocycles. The number of ether oxygens (including phenoxy) is 1. The predicted molar refractivity (Wildman–Crippen MR) is 92.4 cm³/mol. The molecular weight excluding hydrogens is 314 g/mol. The third kappa shape index (κ3) is 4.30. The van der Waals surface area contributed by atoms with Crippen molar-refractivity contribution in [2.24, 2.45) is 0 Å². The molecule has 0 amide bonds. The first-order valence-electron chi connectivity index (χ1n) is 7.09. The highest BCUT2D eigenvalue weighted by Gasteiger charge is 2.09. The summed E-state index contributed by atoms with van der Waals surface area (Å²) in [7, 11) is 0. The number of benzene rings is 2. The van der Waals surface area contributed by atoms with Crippen LogP contribution in [-0.4, -0.2) is 28.6 Å². The molecule has 0 radical (unpaired) electrons. The maximum atomic E-state index is 9.99. The SMILES string of the molecule is O[C@H](COCc1ccccc1)CSc1nc2ccccc2s1. The van der Waals surface area contributed by atoms with Gasteiger partial charge in [-0.25, -0.2) is 4.98 Å². The maximum Gasteiger partial charge on any atom is 0.151 e. The summed E-state index contributed by atoms with van der Waals surface area (Å²) in [5.74, 6) is 0.592. The number of nitrogens with zero attached hydrogens (tertiary/aromatic N) is 1. The average Bonchev–Trinajstić information content (AvgIpc) is 2.97. The molecule has 0 aliphatic rings. The zero-order valence-electron chi connectivity index (χ0n) is 12.0. The quantitative estimate of drug-likeness (QED) is 0.665. The Morgan fingerprint density at radius 2 is 1.86 bits per heavy atom. The molecule has 22 heavy (non-hydrogen) atoms. The van der Waals surface area contributed by atoms with Crippen LogP contribution in [0.2, 0.25) is 0 Å². The molecule has 1 aromatic heterocycles. The second kappa shape index (κ2) is 7.74. The van der Waals surface area contributed by atoms with Crippen LogP contribution in [0.15, 0.2) is 58.9 Å². The lowest BCUT2D eigenvalue weighted by molar-refractivity contribution is 0.0398. The third-order valence-corrected chi connectivity index (χ3v) is 5.42. The number of fused-ring (bicyclic) bond motifs is 1. The van der Waals surface area contributed by atoms with E-state index in [1.165, 1.54) is 4.70 Å². The highest BCUT2D eigenvalue weighted by Crippen LogP contribution is 2.29. The van der Waals surface area contributed by atoms with Gasteiger partial charge in [0.25, 0.3) is 0 Å². The van der Waals surface area contributed by atoms with Crippen LogP contribution in [0.1, 0.15) is 5.56 Å². The lowest BCUT2D eigenvalue weighted by Gasteiger charge is -2.10. The number of aliphatic hydroxyl groups excluding tert-OH is 1. The molecule has 0 saturated carbocycles. The summed E-state index contributed by atoms with van der Waals surface area (Å²) in [6.45, 7) is 0.872. The van der Waals surface area contributed by atoms with Gasteiger partial charge in [0.1, 0.15) is 0 Å². The van der Waals surface area contributed by atoms with E-state index in [2.05, 4.69) is 11.1 Å². The Balaban J connectivity index is 1.43. The van der Waals surface area contributed by atoms with Crippen molar-refractivity contribution in [3.05, 3.63) is 60.2 Å². The van der Waals surface area contributed by atoms with Crippen molar-refractivity contribution >= 4 is 33.3 Å². The van der Waals surface area contributed by atoms with E-state index >= 15 is 0 Å². The van der Waals surface area contributed by atoms with Gasteiger partial charge in [-0.1, -0.05) is 54.2 Å². The minimum Gasteiger partial charge on any atom is -0.390 e. The fraction of sp³-hybridized carbons (Fsp3) is 0.235. The number of rotatable bonds is 7. The zero-order chi connectivity index (χ0) is 15.2. The summed E-state index contributed by atoms with van der Waals surface area (Å²) in [5.41, 5.74) is 2.14. The Morgan fingerprint density at radius 1 is 1.09 bits per heavy atom. The van der Waals surface area contributed by atoms with E-state index in [1.54, 1.807) is 23.1 Å². The van der Waals surface area contributed by atoms with Gasteiger partial charge in [0.2, 0.25) is 0 Å². The van der Waals surface area contributed by atoms with Gasteiger partial charge in [0, 0.05) is 5.75 Å². The first-order chi connectivity index (χ1) is 10.8. The van der Waals surface area contributed by atoms with E-state index in [0.717, 1.165) is 15.4 Å². The summed E-state index contributed by atoms with van der Waals surface area (Å²) < 4.78 is 7.72. The summed E-state index contributed by atoms with van der Waals surface area (Å²) >= 11 is 3.24. The van der Waals surface area contributed by atoms with Crippen LogP contribution < -0.4 is 0 Å². The number of thioether (sulfide) groups is 1. The number of para-hydroxylation sites is 1. The van der Waals surface area contributed by atoms with E-state index < -0.39 is 6.10 Å². The van der Waals surface area contributed by atoms with Crippen LogP contribution in [0.5, 0.6) is 0 Å². The Kier molecular flexibility index (Phi) is 5.45.